The summed E-state index contributed by atoms with van der Waals surface area (Å²) in [6.07, 6.45) is 7.30. The molecular weight excluding hydrogens is 272 g/mol. The van der Waals surface area contributed by atoms with Crippen LogP contribution in [0, 0.1) is 5.92 Å². The van der Waals surface area contributed by atoms with Crippen molar-refractivity contribution in [2.75, 3.05) is 12.3 Å². The summed E-state index contributed by atoms with van der Waals surface area (Å²) < 4.78 is 27.2. The Morgan fingerprint density at radius 1 is 1.15 bits per heavy atom. The van der Waals surface area contributed by atoms with Crippen molar-refractivity contribution >= 4 is 10.0 Å². The molecule has 0 heterocycles. The molecule has 0 saturated heterocycles. The highest BCUT2D eigenvalue weighted by atomic mass is 32.2. The van der Waals surface area contributed by atoms with Gasteiger partial charge in [0.15, 0.2) is 0 Å². The summed E-state index contributed by atoms with van der Waals surface area (Å²) in [6.45, 7) is 7.27. The molecule has 0 aliphatic heterocycles. The Balaban J connectivity index is 2.29. The molecule has 1 fully saturated rings. The number of nitrogens with one attached hydrogen (secondary N) is 2. The van der Waals surface area contributed by atoms with Gasteiger partial charge in [-0.3, -0.25) is 0 Å². The maximum absolute atomic E-state index is 12.1. The summed E-state index contributed by atoms with van der Waals surface area (Å²) >= 11 is 0. The highest BCUT2D eigenvalue weighted by Crippen LogP contribution is 2.27. The molecule has 5 heteroatoms. The third kappa shape index (κ3) is 7.04. The van der Waals surface area contributed by atoms with Crippen molar-refractivity contribution in [2.45, 2.75) is 77.8 Å². The lowest BCUT2D eigenvalue weighted by Gasteiger charge is -2.31. The van der Waals surface area contributed by atoms with Gasteiger partial charge in [-0.15, -0.1) is 0 Å². The fourth-order valence-corrected chi connectivity index (χ4v) is 4.42. The van der Waals surface area contributed by atoms with Crippen molar-refractivity contribution < 1.29 is 8.42 Å². The summed E-state index contributed by atoms with van der Waals surface area (Å²) in [5.74, 6) is 0.792. The lowest BCUT2D eigenvalue weighted by atomic mass is 9.83. The summed E-state index contributed by atoms with van der Waals surface area (Å²) in [5, 5.41) is 3.31. The smallest absolute Gasteiger partial charge is 0.211 e. The Morgan fingerprint density at radius 3 is 2.50 bits per heavy atom. The van der Waals surface area contributed by atoms with Crippen LogP contribution in [0.25, 0.3) is 0 Å². The van der Waals surface area contributed by atoms with Crippen LogP contribution < -0.4 is 10.0 Å². The van der Waals surface area contributed by atoms with E-state index in [0.717, 1.165) is 38.6 Å². The quantitative estimate of drug-likeness (QED) is 0.644. The average Bonchev–Trinajstić information content (AvgIpc) is 2.38. The molecule has 0 bridgehead atoms. The Kier molecular flexibility index (Phi) is 8.07. The van der Waals surface area contributed by atoms with E-state index in [1.54, 1.807) is 0 Å². The van der Waals surface area contributed by atoms with Gasteiger partial charge < -0.3 is 5.32 Å². The molecule has 2 unspecified atom stereocenters. The molecule has 4 nitrogen and oxygen atoms in total. The summed E-state index contributed by atoms with van der Waals surface area (Å²) in [7, 11) is -3.10. The maximum atomic E-state index is 12.1. The van der Waals surface area contributed by atoms with E-state index in [1.165, 1.54) is 12.8 Å². The largest absolute Gasteiger partial charge is 0.315 e. The minimum atomic E-state index is -3.10. The molecule has 0 aromatic heterocycles. The van der Waals surface area contributed by atoms with Crippen LogP contribution in [0.15, 0.2) is 0 Å². The molecule has 0 amide bonds. The molecule has 1 aliphatic carbocycles. The number of rotatable bonds is 9. The second-order valence-corrected chi connectivity index (χ2v) is 8.19. The number of hydrogen-bond acceptors (Lipinski definition) is 3. The van der Waals surface area contributed by atoms with E-state index >= 15 is 0 Å². The van der Waals surface area contributed by atoms with Gasteiger partial charge in [-0.25, -0.2) is 13.1 Å². The van der Waals surface area contributed by atoms with Gasteiger partial charge in [0.25, 0.3) is 0 Å². The number of sulfonamides is 1. The minimum Gasteiger partial charge on any atom is -0.315 e. The van der Waals surface area contributed by atoms with Crippen molar-refractivity contribution in [1.29, 1.82) is 0 Å². The zero-order chi connectivity index (χ0) is 15.0. The molecule has 120 valence electrons. The third-order valence-corrected chi connectivity index (χ3v) is 5.64. The Bertz CT molecular complexity index is 355. The van der Waals surface area contributed by atoms with Gasteiger partial charge in [0, 0.05) is 12.1 Å². The topological polar surface area (TPSA) is 58.2 Å². The molecule has 1 aliphatic rings. The fourth-order valence-electron chi connectivity index (χ4n) is 2.95. The maximum Gasteiger partial charge on any atom is 0.211 e. The molecule has 2 N–H and O–H groups in total. The van der Waals surface area contributed by atoms with Gasteiger partial charge in [-0.2, -0.15) is 0 Å². The van der Waals surface area contributed by atoms with E-state index in [4.69, 9.17) is 0 Å². The van der Waals surface area contributed by atoms with Gasteiger partial charge in [-0.05, 0) is 38.1 Å². The predicted octanol–water partition coefficient (Wildman–Crippen LogP) is 2.65. The summed E-state index contributed by atoms with van der Waals surface area (Å²) in [5.41, 5.74) is 0. The van der Waals surface area contributed by atoms with Crippen LogP contribution in [-0.4, -0.2) is 32.8 Å². The van der Waals surface area contributed by atoms with Crippen LogP contribution in [-0.2, 0) is 10.0 Å². The van der Waals surface area contributed by atoms with Crippen LogP contribution in [0.4, 0.5) is 0 Å². The van der Waals surface area contributed by atoms with E-state index in [2.05, 4.69) is 30.8 Å². The molecule has 2 atom stereocenters. The highest BCUT2D eigenvalue weighted by Gasteiger charge is 2.27. The normalized spacial score (nSPS) is 24.2. The molecule has 1 saturated carbocycles. The molecule has 20 heavy (non-hydrogen) atoms. The van der Waals surface area contributed by atoms with Crippen molar-refractivity contribution in [3.63, 3.8) is 0 Å². The predicted molar refractivity (Wildman–Crippen MR) is 85.3 cm³/mol. The average molecular weight is 304 g/mol. The monoisotopic (exact) mass is 304 g/mol. The van der Waals surface area contributed by atoms with E-state index in [1.807, 2.05) is 0 Å². The van der Waals surface area contributed by atoms with Crippen molar-refractivity contribution in [1.82, 2.24) is 10.0 Å². The zero-order valence-electron chi connectivity index (χ0n) is 13.3. The van der Waals surface area contributed by atoms with E-state index in [0.29, 0.717) is 12.0 Å². The lowest BCUT2D eigenvalue weighted by Crippen LogP contribution is -2.42. The lowest BCUT2D eigenvalue weighted by molar-refractivity contribution is 0.282. The van der Waals surface area contributed by atoms with Crippen molar-refractivity contribution in [3.05, 3.63) is 0 Å². The molecule has 0 radical (unpaired) electrons. The molecule has 0 aromatic rings. The van der Waals surface area contributed by atoms with Crippen LogP contribution >= 0.6 is 0 Å². The third-order valence-electron chi connectivity index (χ3n) is 4.16. The number of hydrogen-bond donors (Lipinski definition) is 2. The Hall–Kier alpha value is -0.130. The SMILES string of the molecule is CCC1CCCCC1NS(=O)(=O)CCCCNC(C)C. The first-order chi connectivity index (χ1) is 9.44. The van der Waals surface area contributed by atoms with Crippen molar-refractivity contribution in [2.24, 2.45) is 5.92 Å². The van der Waals surface area contributed by atoms with Gasteiger partial charge in [0.1, 0.15) is 0 Å². The first kappa shape index (κ1) is 17.9. The number of unbranched alkanes of at least 4 members (excludes halogenated alkanes) is 1. The van der Waals surface area contributed by atoms with E-state index in [-0.39, 0.29) is 11.8 Å². The molecule has 0 aromatic carbocycles. The fraction of sp³-hybridized carbons (Fsp3) is 1.00. The Labute approximate surface area is 125 Å². The van der Waals surface area contributed by atoms with Crippen LogP contribution in [0.5, 0.6) is 0 Å². The standard InChI is InChI=1S/C15H32N2O2S/c1-4-14-9-5-6-10-15(14)17-20(18,19)12-8-7-11-16-13(2)3/h13-17H,4-12H2,1-3H3. The summed E-state index contributed by atoms with van der Waals surface area (Å²) in [4.78, 5) is 0. The first-order valence-electron chi connectivity index (χ1n) is 8.18. The van der Waals surface area contributed by atoms with Crippen LogP contribution in [0.1, 0.15) is 65.7 Å². The van der Waals surface area contributed by atoms with E-state index in [9.17, 15) is 8.42 Å². The molecule has 1 rings (SSSR count). The Morgan fingerprint density at radius 2 is 1.85 bits per heavy atom. The van der Waals surface area contributed by atoms with Gasteiger partial charge >= 0.3 is 0 Å². The first-order valence-corrected chi connectivity index (χ1v) is 9.83. The van der Waals surface area contributed by atoms with Crippen LogP contribution in [0.2, 0.25) is 0 Å². The highest BCUT2D eigenvalue weighted by molar-refractivity contribution is 7.89. The van der Waals surface area contributed by atoms with Gasteiger partial charge in [0.05, 0.1) is 5.75 Å². The second-order valence-electron chi connectivity index (χ2n) is 6.31. The van der Waals surface area contributed by atoms with E-state index < -0.39 is 10.0 Å². The zero-order valence-corrected chi connectivity index (χ0v) is 14.1. The summed E-state index contributed by atoms with van der Waals surface area (Å²) in [6, 6.07) is 0.643. The van der Waals surface area contributed by atoms with Crippen molar-refractivity contribution in [3.8, 4) is 0 Å². The van der Waals surface area contributed by atoms with Gasteiger partial charge in [0.2, 0.25) is 10.0 Å². The second kappa shape index (κ2) is 9.00. The molecule has 0 spiro atoms. The minimum absolute atomic E-state index is 0.174. The molecular formula is C15H32N2O2S. The van der Waals surface area contributed by atoms with Gasteiger partial charge in [-0.1, -0.05) is 40.0 Å². The van der Waals surface area contributed by atoms with Crippen LogP contribution in [0.3, 0.4) is 0 Å².